The third kappa shape index (κ3) is 2.00. The number of hydrogen-bond donors (Lipinski definition) is 0. The predicted molar refractivity (Wildman–Crippen MR) is 56.8 cm³/mol. The number of nitrogens with zero attached hydrogens (tertiary/aromatic N) is 1. The smallest absolute Gasteiger partial charge is 0.119 e. The Kier molecular flexibility index (Phi) is 3.38. The lowest BCUT2D eigenvalue weighted by Gasteiger charge is -2.11. The molecule has 0 fully saturated rings. The second-order valence-corrected chi connectivity index (χ2v) is 3.58. The molecule has 0 spiro atoms. The summed E-state index contributed by atoms with van der Waals surface area (Å²) >= 11 is 6.09. The van der Waals surface area contributed by atoms with E-state index in [0.717, 1.165) is 16.9 Å². The second-order valence-electron chi connectivity index (χ2n) is 3.20. The molecule has 14 heavy (non-hydrogen) atoms. The van der Waals surface area contributed by atoms with Gasteiger partial charge < -0.3 is 4.74 Å². The average Bonchev–Trinajstić information content (AvgIpc) is 2.20. The van der Waals surface area contributed by atoms with E-state index in [2.05, 4.69) is 6.07 Å². The maximum atomic E-state index is 8.82. The van der Waals surface area contributed by atoms with Crippen molar-refractivity contribution in [1.82, 2.24) is 0 Å². The van der Waals surface area contributed by atoms with Crippen LogP contribution in [0.2, 0.25) is 5.02 Å². The van der Waals surface area contributed by atoms with Gasteiger partial charge in [-0.3, -0.25) is 0 Å². The SMILES string of the molecule is COc1cc(C)c(Cl)c(C(C)C#N)c1. The summed E-state index contributed by atoms with van der Waals surface area (Å²) in [5.41, 5.74) is 1.76. The van der Waals surface area contributed by atoms with Crippen molar-refractivity contribution in [3.05, 3.63) is 28.3 Å². The van der Waals surface area contributed by atoms with Gasteiger partial charge in [0.2, 0.25) is 0 Å². The number of halogens is 1. The fraction of sp³-hybridized carbons (Fsp3) is 0.364. The molecule has 2 nitrogen and oxygen atoms in total. The molecule has 0 aliphatic rings. The standard InChI is InChI=1S/C11H12ClNO/c1-7-4-9(14-3)5-10(11(7)12)8(2)6-13/h4-5,8H,1-3H3. The molecule has 1 aromatic carbocycles. The summed E-state index contributed by atoms with van der Waals surface area (Å²) in [6.07, 6.45) is 0. The van der Waals surface area contributed by atoms with Crippen LogP contribution < -0.4 is 4.74 Å². The van der Waals surface area contributed by atoms with Crippen molar-refractivity contribution in [2.75, 3.05) is 7.11 Å². The van der Waals surface area contributed by atoms with E-state index in [4.69, 9.17) is 21.6 Å². The number of benzene rings is 1. The average molecular weight is 210 g/mol. The van der Waals surface area contributed by atoms with Crippen molar-refractivity contribution in [3.63, 3.8) is 0 Å². The molecule has 0 aliphatic carbocycles. The summed E-state index contributed by atoms with van der Waals surface area (Å²) in [4.78, 5) is 0. The first-order valence-corrected chi connectivity index (χ1v) is 4.71. The van der Waals surface area contributed by atoms with E-state index in [-0.39, 0.29) is 5.92 Å². The Bertz CT molecular complexity index is 382. The zero-order chi connectivity index (χ0) is 10.7. The van der Waals surface area contributed by atoms with Gasteiger partial charge in [0.15, 0.2) is 0 Å². The molecule has 3 heteroatoms. The van der Waals surface area contributed by atoms with Crippen LogP contribution in [0.15, 0.2) is 12.1 Å². The lowest BCUT2D eigenvalue weighted by Crippen LogP contribution is -1.95. The topological polar surface area (TPSA) is 33.0 Å². The molecule has 74 valence electrons. The Morgan fingerprint density at radius 2 is 2.14 bits per heavy atom. The van der Waals surface area contributed by atoms with E-state index < -0.39 is 0 Å². The van der Waals surface area contributed by atoms with Gasteiger partial charge in [-0.2, -0.15) is 5.26 Å². The molecule has 0 saturated carbocycles. The van der Waals surface area contributed by atoms with E-state index in [1.165, 1.54) is 0 Å². The van der Waals surface area contributed by atoms with Gasteiger partial charge in [-0.1, -0.05) is 11.6 Å². The molecule has 0 N–H and O–H groups in total. The van der Waals surface area contributed by atoms with Gasteiger partial charge in [-0.05, 0) is 37.1 Å². The monoisotopic (exact) mass is 209 g/mol. The Morgan fingerprint density at radius 1 is 1.50 bits per heavy atom. The van der Waals surface area contributed by atoms with Crippen LogP contribution in [0.4, 0.5) is 0 Å². The molecule has 0 heterocycles. The van der Waals surface area contributed by atoms with Crippen molar-refractivity contribution in [2.45, 2.75) is 19.8 Å². The zero-order valence-electron chi connectivity index (χ0n) is 8.47. The van der Waals surface area contributed by atoms with Gasteiger partial charge in [0.1, 0.15) is 5.75 Å². The third-order valence-corrected chi connectivity index (χ3v) is 2.67. The molecule has 1 unspecified atom stereocenters. The minimum atomic E-state index is -0.212. The summed E-state index contributed by atoms with van der Waals surface area (Å²) in [6.45, 7) is 3.72. The highest BCUT2D eigenvalue weighted by Crippen LogP contribution is 2.31. The summed E-state index contributed by atoms with van der Waals surface area (Å²) in [7, 11) is 1.60. The van der Waals surface area contributed by atoms with E-state index >= 15 is 0 Å². The highest BCUT2D eigenvalue weighted by atomic mass is 35.5. The van der Waals surface area contributed by atoms with Gasteiger partial charge in [-0.15, -0.1) is 0 Å². The van der Waals surface area contributed by atoms with Crippen LogP contribution in [0.1, 0.15) is 24.0 Å². The van der Waals surface area contributed by atoms with Crippen LogP contribution in [0.3, 0.4) is 0 Å². The largest absolute Gasteiger partial charge is 0.497 e. The summed E-state index contributed by atoms with van der Waals surface area (Å²) in [6, 6.07) is 5.83. The molecule has 0 saturated heterocycles. The number of methoxy groups -OCH3 is 1. The maximum absolute atomic E-state index is 8.82. The number of aryl methyl sites for hydroxylation is 1. The van der Waals surface area contributed by atoms with Gasteiger partial charge in [0, 0.05) is 5.02 Å². The van der Waals surface area contributed by atoms with Crippen molar-refractivity contribution in [1.29, 1.82) is 5.26 Å². The van der Waals surface area contributed by atoms with Gasteiger partial charge in [0.05, 0.1) is 19.1 Å². The van der Waals surface area contributed by atoms with Gasteiger partial charge in [0.25, 0.3) is 0 Å². The van der Waals surface area contributed by atoms with Crippen molar-refractivity contribution in [2.24, 2.45) is 0 Å². The molecule has 0 radical (unpaired) electrons. The number of hydrogen-bond acceptors (Lipinski definition) is 2. The first-order valence-electron chi connectivity index (χ1n) is 4.33. The van der Waals surface area contributed by atoms with Crippen molar-refractivity contribution >= 4 is 11.6 Å². The fourth-order valence-corrected chi connectivity index (χ4v) is 1.54. The quantitative estimate of drug-likeness (QED) is 0.749. The molecule has 1 aromatic rings. The molecular weight excluding hydrogens is 198 g/mol. The van der Waals surface area contributed by atoms with Crippen LogP contribution in [0.25, 0.3) is 0 Å². The Hall–Kier alpha value is -1.20. The molecule has 1 rings (SSSR count). The van der Waals surface area contributed by atoms with Crippen LogP contribution in [0.5, 0.6) is 5.75 Å². The minimum Gasteiger partial charge on any atom is -0.497 e. The van der Waals surface area contributed by atoms with Crippen molar-refractivity contribution in [3.8, 4) is 11.8 Å². The first-order chi connectivity index (χ1) is 6.60. The van der Waals surface area contributed by atoms with Crippen LogP contribution in [-0.4, -0.2) is 7.11 Å². The van der Waals surface area contributed by atoms with E-state index in [9.17, 15) is 0 Å². The van der Waals surface area contributed by atoms with Crippen LogP contribution in [0, 0.1) is 18.3 Å². The minimum absolute atomic E-state index is 0.212. The van der Waals surface area contributed by atoms with E-state index in [0.29, 0.717) is 5.02 Å². The molecular formula is C11H12ClNO. The highest BCUT2D eigenvalue weighted by Gasteiger charge is 2.12. The lowest BCUT2D eigenvalue weighted by molar-refractivity contribution is 0.414. The van der Waals surface area contributed by atoms with Crippen LogP contribution >= 0.6 is 11.6 Å². The first kappa shape index (κ1) is 10.9. The third-order valence-electron chi connectivity index (χ3n) is 2.15. The van der Waals surface area contributed by atoms with Gasteiger partial charge in [-0.25, -0.2) is 0 Å². The Balaban J connectivity index is 3.28. The Morgan fingerprint density at radius 3 is 2.64 bits per heavy atom. The number of ether oxygens (including phenoxy) is 1. The molecule has 0 aliphatic heterocycles. The summed E-state index contributed by atoms with van der Waals surface area (Å²) in [5.74, 6) is 0.528. The lowest BCUT2D eigenvalue weighted by atomic mass is 10.00. The second kappa shape index (κ2) is 4.34. The summed E-state index contributed by atoms with van der Waals surface area (Å²) in [5, 5.41) is 9.47. The van der Waals surface area contributed by atoms with Gasteiger partial charge >= 0.3 is 0 Å². The van der Waals surface area contributed by atoms with E-state index in [1.54, 1.807) is 7.11 Å². The fourth-order valence-electron chi connectivity index (χ4n) is 1.27. The predicted octanol–water partition coefficient (Wildman–Crippen LogP) is 3.28. The maximum Gasteiger partial charge on any atom is 0.119 e. The number of rotatable bonds is 2. The highest BCUT2D eigenvalue weighted by molar-refractivity contribution is 6.32. The van der Waals surface area contributed by atoms with Crippen LogP contribution in [-0.2, 0) is 0 Å². The van der Waals surface area contributed by atoms with E-state index in [1.807, 2.05) is 26.0 Å². The normalized spacial score (nSPS) is 11.9. The summed E-state index contributed by atoms with van der Waals surface area (Å²) < 4.78 is 5.12. The molecule has 1 atom stereocenters. The number of nitriles is 1. The zero-order valence-corrected chi connectivity index (χ0v) is 9.22. The molecule has 0 amide bonds. The Labute approximate surface area is 89.1 Å². The van der Waals surface area contributed by atoms with Crippen molar-refractivity contribution < 1.29 is 4.74 Å². The molecule has 0 aromatic heterocycles. The molecule has 0 bridgehead atoms.